The Hall–Kier alpha value is -3.80. The van der Waals surface area contributed by atoms with Gasteiger partial charge in [-0.2, -0.15) is 0 Å². The standard InChI is InChI=1S/C49H69FO5/c1-8-12-40(46(50)33-37(6)36(5)32-39-19-26-44(51)27-20-39)14-11-16-48(53)43(31-34(3)9-2)22-17-35(4)47(52)30-21-38-13-10-15-41(23-18-38)49(54)42-24-28-45(55-7)29-25-42/h17,19-20,22,24-29,31,36-38,40-41,46,51H,8-16,18,21,23,30,32-33H2,1-7H3. The molecule has 1 fully saturated rings. The van der Waals surface area contributed by atoms with Gasteiger partial charge >= 0.3 is 0 Å². The maximum Gasteiger partial charge on any atom is 0.165 e. The third-order valence-electron chi connectivity index (χ3n) is 12.1. The SMILES string of the molecule is CCCC(CCCC(=O)C(C=C(C)CC)=CC=C(C)C(=O)CCC1CCCC(C(=O)c2ccc(OC)cc2)CC1)C(F)CC(C)C(C)Cc1ccc(O)cc1. The molecule has 6 unspecified atom stereocenters. The van der Waals surface area contributed by atoms with E-state index in [1.165, 1.54) is 0 Å². The zero-order valence-electron chi connectivity index (χ0n) is 34.9. The van der Waals surface area contributed by atoms with E-state index in [4.69, 9.17) is 4.74 Å². The number of carbonyl (C=O) groups excluding carboxylic acids is 3. The van der Waals surface area contributed by atoms with Gasteiger partial charge in [0.05, 0.1) is 7.11 Å². The van der Waals surface area contributed by atoms with Gasteiger partial charge in [-0.25, -0.2) is 4.39 Å². The minimum Gasteiger partial charge on any atom is -0.508 e. The van der Waals surface area contributed by atoms with E-state index in [1.54, 1.807) is 31.4 Å². The first-order valence-corrected chi connectivity index (χ1v) is 21.1. The van der Waals surface area contributed by atoms with Crippen LogP contribution in [0.1, 0.15) is 147 Å². The Labute approximate surface area is 331 Å². The maximum atomic E-state index is 15.8. The van der Waals surface area contributed by atoms with Gasteiger partial charge in [-0.3, -0.25) is 14.4 Å². The zero-order valence-corrected chi connectivity index (χ0v) is 34.9. The Kier molecular flexibility index (Phi) is 19.9. The van der Waals surface area contributed by atoms with Crippen molar-refractivity contribution >= 4 is 17.3 Å². The highest BCUT2D eigenvalue weighted by Crippen LogP contribution is 2.33. The van der Waals surface area contributed by atoms with Gasteiger partial charge in [0.15, 0.2) is 17.3 Å². The summed E-state index contributed by atoms with van der Waals surface area (Å²) in [6.07, 6.45) is 16.1. The van der Waals surface area contributed by atoms with Crippen molar-refractivity contribution in [3.63, 3.8) is 0 Å². The van der Waals surface area contributed by atoms with Crippen molar-refractivity contribution in [2.24, 2.45) is 29.6 Å². The van der Waals surface area contributed by atoms with Crippen molar-refractivity contribution in [1.82, 2.24) is 0 Å². The second-order valence-corrected chi connectivity index (χ2v) is 16.4. The molecule has 3 rings (SSSR count). The molecule has 6 atom stereocenters. The lowest BCUT2D eigenvalue weighted by Gasteiger charge is -2.26. The molecule has 2 aromatic rings. The average molecular weight is 757 g/mol. The van der Waals surface area contributed by atoms with Crippen molar-refractivity contribution in [1.29, 1.82) is 0 Å². The average Bonchev–Trinajstić information content (AvgIpc) is 3.44. The number of rotatable bonds is 23. The molecule has 6 heteroatoms. The Bertz CT molecular complexity index is 1580. The predicted octanol–water partition coefficient (Wildman–Crippen LogP) is 12.8. The number of ether oxygens (including phenoxy) is 1. The summed E-state index contributed by atoms with van der Waals surface area (Å²) in [6.45, 7) is 12.3. The monoisotopic (exact) mass is 757 g/mol. The zero-order chi connectivity index (χ0) is 40.3. The van der Waals surface area contributed by atoms with Crippen LogP contribution in [0, 0.1) is 29.6 Å². The van der Waals surface area contributed by atoms with Crippen molar-refractivity contribution in [2.45, 2.75) is 144 Å². The summed E-state index contributed by atoms with van der Waals surface area (Å²) < 4.78 is 21.0. The molecular formula is C49H69FO5. The number of halogens is 1. The van der Waals surface area contributed by atoms with E-state index < -0.39 is 6.17 Å². The predicted molar refractivity (Wildman–Crippen MR) is 224 cm³/mol. The highest BCUT2D eigenvalue weighted by molar-refractivity contribution is 5.99. The second-order valence-electron chi connectivity index (χ2n) is 16.4. The third-order valence-corrected chi connectivity index (χ3v) is 12.1. The van der Waals surface area contributed by atoms with Crippen LogP contribution in [0.15, 0.2) is 83.5 Å². The fraction of sp³-hybridized carbons (Fsp3) is 0.571. The molecule has 5 nitrogen and oxygen atoms in total. The first-order chi connectivity index (χ1) is 26.3. The van der Waals surface area contributed by atoms with Crippen LogP contribution < -0.4 is 4.74 Å². The van der Waals surface area contributed by atoms with Gasteiger partial charge in [-0.1, -0.05) is 82.9 Å². The minimum absolute atomic E-state index is 0.0215. The smallest absolute Gasteiger partial charge is 0.165 e. The van der Waals surface area contributed by atoms with Crippen LogP contribution in [0.4, 0.5) is 4.39 Å². The molecule has 302 valence electrons. The molecule has 1 aliphatic rings. The number of hydrogen-bond donors (Lipinski definition) is 1. The van der Waals surface area contributed by atoms with Gasteiger partial charge in [-0.15, -0.1) is 0 Å². The van der Waals surface area contributed by atoms with Gasteiger partial charge in [-0.05, 0) is 149 Å². The number of phenols is 1. The van der Waals surface area contributed by atoms with Crippen LogP contribution >= 0.6 is 0 Å². The molecule has 0 radical (unpaired) electrons. The fourth-order valence-corrected chi connectivity index (χ4v) is 7.88. The summed E-state index contributed by atoms with van der Waals surface area (Å²) in [5.74, 6) is 2.21. The molecule has 0 amide bonds. The molecule has 1 saturated carbocycles. The quantitative estimate of drug-likeness (QED) is 0.0528. The number of aromatic hydroxyl groups is 1. The Morgan fingerprint density at radius 1 is 0.873 bits per heavy atom. The fourth-order valence-electron chi connectivity index (χ4n) is 7.88. The largest absolute Gasteiger partial charge is 0.508 e. The third kappa shape index (κ3) is 15.7. The second kappa shape index (κ2) is 24.0. The molecule has 0 spiro atoms. The lowest BCUT2D eigenvalue weighted by atomic mass is 9.81. The van der Waals surface area contributed by atoms with Crippen molar-refractivity contribution in [3.05, 3.63) is 94.6 Å². The number of allylic oxidation sites excluding steroid dienone is 6. The Morgan fingerprint density at radius 2 is 1.58 bits per heavy atom. The summed E-state index contributed by atoms with van der Waals surface area (Å²) in [5, 5.41) is 9.59. The number of alkyl halides is 1. The van der Waals surface area contributed by atoms with Crippen molar-refractivity contribution in [2.75, 3.05) is 7.11 Å². The molecule has 0 heterocycles. The van der Waals surface area contributed by atoms with Crippen LogP contribution in [0.2, 0.25) is 0 Å². The van der Waals surface area contributed by atoms with Gasteiger partial charge in [0.2, 0.25) is 0 Å². The van der Waals surface area contributed by atoms with E-state index in [2.05, 4.69) is 27.7 Å². The van der Waals surface area contributed by atoms with Crippen molar-refractivity contribution < 1.29 is 28.6 Å². The highest BCUT2D eigenvalue weighted by atomic mass is 19.1. The van der Waals surface area contributed by atoms with Crippen LogP contribution in [0.3, 0.4) is 0 Å². The molecule has 0 saturated heterocycles. The van der Waals surface area contributed by atoms with E-state index in [-0.39, 0.29) is 40.9 Å². The molecule has 0 aromatic heterocycles. The van der Waals surface area contributed by atoms with E-state index in [0.717, 1.165) is 86.7 Å². The van der Waals surface area contributed by atoms with E-state index >= 15 is 4.39 Å². The first-order valence-electron chi connectivity index (χ1n) is 21.1. The highest BCUT2D eigenvalue weighted by Gasteiger charge is 2.27. The number of carbonyl (C=O) groups is 3. The van der Waals surface area contributed by atoms with Crippen LogP contribution in [0.25, 0.3) is 0 Å². The number of methoxy groups -OCH3 is 1. The first kappa shape index (κ1) is 45.6. The summed E-state index contributed by atoms with van der Waals surface area (Å²) in [7, 11) is 1.62. The normalized spacial score (nSPS) is 19.2. The number of phenolic OH excluding ortho intramolecular Hbond substituents is 1. The number of ketones is 3. The summed E-state index contributed by atoms with van der Waals surface area (Å²) >= 11 is 0. The van der Waals surface area contributed by atoms with Crippen LogP contribution in [0.5, 0.6) is 11.5 Å². The summed E-state index contributed by atoms with van der Waals surface area (Å²) in [5.41, 5.74) is 4.22. The minimum atomic E-state index is -0.914. The van der Waals surface area contributed by atoms with E-state index in [1.807, 2.05) is 56.3 Å². The summed E-state index contributed by atoms with van der Waals surface area (Å²) in [4.78, 5) is 39.9. The Balaban J connectivity index is 1.52. The van der Waals surface area contributed by atoms with Gasteiger partial charge in [0.25, 0.3) is 0 Å². The Morgan fingerprint density at radius 3 is 2.24 bits per heavy atom. The van der Waals surface area contributed by atoms with E-state index in [9.17, 15) is 19.5 Å². The molecular weight excluding hydrogens is 688 g/mol. The van der Waals surface area contributed by atoms with Gasteiger partial charge in [0, 0.05) is 29.9 Å². The number of benzene rings is 2. The van der Waals surface area contributed by atoms with Crippen LogP contribution in [-0.4, -0.2) is 35.7 Å². The molecule has 1 N–H and O–H groups in total. The van der Waals surface area contributed by atoms with Crippen LogP contribution in [-0.2, 0) is 16.0 Å². The molecule has 0 aliphatic heterocycles. The molecule has 1 aliphatic carbocycles. The maximum absolute atomic E-state index is 15.8. The number of Topliss-reactive ketones (excluding diaryl/α,β-unsaturated/α-hetero) is 3. The van der Waals surface area contributed by atoms with E-state index in [0.29, 0.717) is 55.1 Å². The molecule has 0 bridgehead atoms. The molecule has 2 aromatic carbocycles. The summed E-state index contributed by atoms with van der Waals surface area (Å²) in [6, 6.07) is 14.6. The van der Waals surface area contributed by atoms with Crippen molar-refractivity contribution in [3.8, 4) is 11.5 Å². The lowest BCUT2D eigenvalue weighted by Crippen LogP contribution is -2.23. The molecule has 55 heavy (non-hydrogen) atoms. The topological polar surface area (TPSA) is 80.7 Å². The number of hydrogen-bond acceptors (Lipinski definition) is 5. The lowest BCUT2D eigenvalue weighted by molar-refractivity contribution is -0.116. The van der Waals surface area contributed by atoms with Gasteiger partial charge in [0.1, 0.15) is 17.7 Å². The van der Waals surface area contributed by atoms with Gasteiger partial charge < -0.3 is 9.84 Å².